The Bertz CT molecular complexity index is 497. The standard InChI is InChI=1S/C14H17N3O2/c15-7-6-14(18)17(11-13-5-3-9-19-13)10-12-4-1-2-8-16-12/h1-5,8-9H,6-7,10-11,15H2. The molecule has 2 aromatic rings. The van der Waals surface area contributed by atoms with Crippen LogP contribution < -0.4 is 5.73 Å². The number of carbonyl (C=O) groups is 1. The summed E-state index contributed by atoms with van der Waals surface area (Å²) < 4.78 is 5.28. The number of hydrogen-bond donors (Lipinski definition) is 1. The molecule has 100 valence electrons. The molecule has 19 heavy (non-hydrogen) atoms. The molecule has 2 aromatic heterocycles. The molecular weight excluding hydrogens is 242 g/mol. The van der Waals surface area contributed by atoms with Gasteiger partial charge in [-0.3, -0.25) is 9.78 Å². The number of nitrogens with two attached hydrogens (primary N) is 1. The Labute approximate surface area is 112 Å². The summed E-state index contributed by atoms with van der Waals surface area (Å²) in [6.07, 6.45) is 3.64. The van der Waals surface area contributed by atoms with Crippen LogP contribution in [0.2, 0.25) is 0 Å². The van der Waals surface area contributed by atoms with Gasteiger partial charge < -0.3 is 15.1 Å². The summed E-state index contributed by atoms with van der Waals surface area (Å²) in [5.74, 6) is 0.755. The van der Waals surface area contributed by atoms with Crippen molar-refractivity contribution in [2.75, 3.05) is 6.54 Å². The molecule has 0 aliphatic carbocycles. The second-order valence-corrected chi connectivity index (χ2v) is 4.19. The Hall–Kier alpha value is -2.14. The molecule has 0 aromatic carbocycles. The normalized spacial score (nSPS) is 10.4. The molecule has 0 saturated carbocycles. The average Bonchev–Trinajstić information content (AvgIpc) is 2.92. The Morgan fingerprint density at radius 1 is 1.26 bits per heavy atom. The summed E-state index contributed by atoms with van der Waals surface area (Å²) in [6, 6.07) is 9.30. The van der Waals surface area contributed by atoms with E-state index in [9.17, 15) is 4.79 Å². The SMILES string of the molecule is NCCC(=O)N(Cc1ccccn1)Cc1ccco1. The van der Waals surface area contributed by atoms with E-state index in [1.54, 1.807) is 17.4 Å². The molecule has 2 N–H and O–H groups in total. The van der Waals surface area contributed by atoms with E-state index in [2.05, 4.69) is 4.98 Å². The van der Waals surface area contributed by atoms with Crippen LogP contribution in [0.15, 0.2) is 47.2 Å². The fourth-order valence-corrected chi connectivity index (χ4v) is 1.79. The van der Waals surface area contributed by atoms with Crippen LogP contribution in [0, 0.1) is 0 Å². The van der Waals surface area contributed by atoms with Gasteiger partial charge in [-0.25, -0.2) is 0 Å². The second-order valence-electron chi connectivity index (χ2n) is 4.19. The molecule has 0 atom stereocenters. The third-order valence-corrected chi connectivity index (χ3v) is 2.72. The molecule has 1 amide bonds. The third kappa shape index (κ3) is 3.93. The van der Waals surface area contributed by atoms with E-state index in [4.69, 9.17) is 10.2 Å². The number of rotatable bonds is 6. The first-order chi connectivity index (χ1) is 9.29. The van der Waals surface area contributed by atoms with E-state index < -0.39 is 0 Å². The molecule has 5 heteroatoms. The van der Waals surface area contributed by atoms with Crippen molar-refractivity contribution in [3.05, 3.63) is 54.2 Å². The second kappa shape index (κ2) is 6.70. The number of hydrogen-bond acceptors (Lipinski definition) is 4. The fourth-order valence-electron chi connectivity index (χ4n) is 1.79. The van der Waals surface area contributed by atoms with Gasteiger partial charge in [0.05, 0.1) is 25.0 Å². The highest BCUT2D eigenvalue weighted by molar-refractivity contribution is 5.76. The van der Waals surface area contributed by atoms with E-state index in [0.29, 0.717) is 26.1 Å². The largest absolute Gasteiger partial charge is 0.467 e. The maximum Gasteiger partial charge on any atom is 0.224 e. The summed E-state index contributed by atoms with van der Waals surface area (Å²) in [5.41, 5.74) is 6.29. The number of nitrogens with zero attached hydrogens (tertiary/aromatic N) is 2. The van der Waals surface area contributed by atoms with Gasteiger partial charge in [0.1, 0.15) is 5.76 Å². The smallest absolute Gasteiger partial charge is 0.224 e. The molecule has 0 radical (unpaired) electrons. The van der Waals surface area contributed by atoms with Gasteiger partial charge >= 0.3 is 0 Å². The summed E-state index contributed by atoms with van der Waals surface area (Å²) in [5, 5.41) is 0. The average molecular weight is 259 g/mol. The zero-order valence-electron chi connectivity index (χ0n) is 10.7. The molecule has 0 saturated heterocycles. The van der Waals surface area contributed by atoms with Crippen LogP contribution in [0.4, 0.5) is 0 Å². The van der Waals surface area contributed by atoms with Crippen molar-refractivity contribution in [1.29, 1.82) is 0 Å². The van der Waals surface area contributed by atoms with Crippen molar-refractivity contribution >= 4 is 5.91 Å². The Morgan fingerprint density at radius 3 is 2.79 bits per heavy atom. The molecule has 0 bridgehead atoms. The Kier molecular flexibility index (Phi) is 4.69. The van der Waals surface area contributed by atoms with Crippen LogP contribution >= 0.6 is 0 Å². The Balaban J connectivity index is 2.07. The number of pyridine rings is 1. The van der Waals surface area contributed by atoms with Crippen molar-refractivity contribution in [2.45, 2.75) is 19.5 Å². The van der Waals surface area contributed by atoms with Crippen LogP contribution in [0.1, 0.15) is 17.9 Å². The lowest BCUT2D eigenvalue weighted by molar-refractivity contribution is -0.132. The molecule has 0 aliphatic heterocycles. The molecule has 2 heterocycles. The van der Waals surface area contributed by atoms with Crippen LogP contribution in [0.3, 0.4) is 0 Å². The van der Waals surface area contributed by atoms with E-state index in [1.165, 1.54) is 0 Å². The topological polar surface area (TPSA) is 72.4 Å². The number of carbonyl (C=O) groups excluding carboxylic acids is 1. The summed E-state index contributed by atoms with van der Waals surface area (Å²) in [4.78, 5) is 18.0. The lowest BCUT2D eigenvalue weighted by atomic mass is 10.2. The number of aromatic nitrogens is 1. The fraction of sp³-hybridized carbons (Fsp3) is 0.286. The minimum absolute atomic E-state index is 0.00422. The maximum absolute atomic E-state index is 12.1. The van der Waals surface area contributed by atoms with Gasteiger partial charge in [-0.15, -0.1) is 0 Å². The van der Waals surface area contributed by atoms with E-state index in [1.807, 2.05) is 30.3 Å². The highest BCUT2D eigenvalue weighted by Gasteiger charge is 2.15. The van der Waals surface area contributed by atoms with Crippen LogP contribution in [0.5, 0.6) is 0 Å². The zero-order chi connectivity index (χ0) is 13.5. The molecule has 0 unspecified atom stereocenters. The maximum atomic E-state index is 12.1. The van der Waals surface area contributed by atoms with Gasteiger partial charge in [0, 0.05) is 19.2 Å². The molecular formula is C14H17N3O2. The molecule has 0 fully saturated rings. The summed E-state index contributed by atoms with van der Waals surface area (Å²) in [7, 11) is 0. The predicted octanol–water partition coefficient (Wildman–Crippen LogP) is 1.55. The quantitative estimate of drug-likeness (QED) is 0.854. The summed E-state index contributed by atoms with van der Waals surface area (Å²) >= 11 is 0. The van der Waals surface area contributed by atoms with Gasteiger partial charge in [0.25, 0.3) is 0 Å². The highest BCUT2D eigenvalue weighted by Crippen LogP contribution is 2.10. The molecule has 0 aliphatic rings. The van der Waals surface area contributed by atoms with E-state index >= 15 is 0 Å². The number of amides is 1. The highest BCUT2D eigenvalue weighted by atomic mass is 16.3. The van der Waals surface area contributed by atoms with Crippen molar-refractivity contribution in [3.63, 3.8) is 0 Å². The first-order valence-electron chi connectivity index (χ1n) is 6.19. The minimum atomic E-state index is 0.00422. The van der Waals surface area contributed by atoms with Crippen molar-refractivity contribution in [1.82, 2.24) is 9.88 Å². The van der Waals surface area contributed by atoms with Gasteiger partial charge in [-0.1, -0.05) is 6.07 Å². The molecule has 0 spiro atoms. The van der Waals surface area contributed by atoms with E-state index in [-0.39, 0.29) is 5.91 Å². The molecule has 2 rings (SSSR count). The van der Waals surface area contributed by atoms with Gasteiger partial charge in [0.15, 0.2) is 0 Å². The summed E-state index contributed by atoms with van der Waals surface area (Å²) in [6.45, 7) is 1.23. The van der Waals surface area contributed by atoms with Crippen LogP contribution in [-0.4, -0.2) is 22.3 Å². The third-order valence-electron chi connectivity index (χ3n) is 2.72. The first kappa shape index (κ1) is 13.3. The van der Waals surface area contributed by atoms with Gasteiger partial charge in [0.2, 0.25) is 5.91 Å². The zero-order valence-corrected chi connectivity index (χ0v) is 10.7. The predicted molar refractivity (Wildman–Crippen MR) is 70.9 cm³/mol. The lowest BCUT2D eigenvalue weighted by Gasteiger charge is -2.21. The van der Waals surface area contributed by atoms with Crippen molar-refractivity contribution in [3.8, 4) is 0 Å². The van der Waals surface area contributed by atoms with Crippen molar-refractivity contribution < 1.29 is 9.21 Å². The monoisotopic (exact) mass is 259 g/mol. The van der Waals surface area contributed by atoms with Crippen molar-refractivity contribution in [2.24, 2.45) is 5.73 Å². The minimum Gasteiger partial charge on any atom is -0.467 e. The van der Waals surface area contributed by atoms with Gasteiger partial charge in [-0.2, -0.15) is 0 Å². The lowest BCUT2D eigenvalue weighted by Crippen LogP contribution is -2.31. The van der Waals surface area contributed by atoms with Crippen LogP contribution in [-0.2, 0) is 17.9 Å². The van der Waals surface area contributed by atoms with E-state index in [0.717, 1.165) is 11.5 Å². The molecule has 5 nitrogen and oxygen atoms in total. The van der Waals surface area contributed by atoms with Crippen LogP contribution in [0.25, 0.3) is 0 Å². The first-order valence-corrected chi connectivity index (χ1v) is 6.19. The van der Waals surface area contributed by atoms with Gasteiger partial charge in [-0.05, 0) is 24.3 Å². The Morgan fingerprint density at radius 2 is 2.16 bits per heavy atom. The number of furan rings is 1.